The summed E-state index contributed by atoms with van der Waals surface area (Å²) in [7, 11) is 0. The summed E-state index contributed by atoms with van der Waals surface area (Å²) in [6, 6.07) is 8.42. The van der Waals surface area contributed by atoms with Gasteiger partial charge in [-0.25, -0.2) is 0 Å². The second kappa shape index (κ2) is 6.09. The number of hydrogen-bond donors (Lipinski definition) is 2. The Morgan fingerprint density at radius 1 is 1.40 bits per heavy atom. The number of anilines is 1. The highest BCUT2D eigenvalue weighted by Crippen LogP contribution is 2.25. The molecule has 1 aromatic carbocycles. The number of amides is 1. The van der Waals surface area contributed by atoms with Crippen LogP contribution in [0.3, 0.4) is 0 Å². The van der Waals surface area contributed by atoms with Crippen molar-refractivity contribution >= 4 is 11.6 Å². The molecule has 0 bridgehead atoms. The van der Waals surface area contributed by atoms with Gasteiger partial charge in [-0.3, -0.25) is 10.1 Å². The van der Waals surface area contributed by atoms with Gasteiger partial charge in [0.2, 0.25) is 5.91 Å². The molecule has 0 fully saturated rings. The Labute approximate surface area is 119 Å². The first kappa shape index (κ1) is 13.2. The molecular formula is C16H21N3O. The highest BCUT2D eigenvalue weighted by atomic mass is 16.2. The van der Waals surface area contributed by atoms with E-state index in [-0.39, 0.29) is 11.9 Å². The van der Waals surface area contributed by atoms with Gasteiger partial charge in [-0.05, 0) is 24.5 Å². The van der Waals surface area contributed by atoms with Crippen LogP contribution in [-0.2, 0) is 11.2 Å². The number of nitrogens with one attached hydrogen (secondary N) is 2. The summed E-state index contributed by atoms with van der Waals surface area (Å²) in [5, 5.41) is 6.13. The molecule has 0 spiro atoms. The Morgan fingerprint density at radius 2 is 2.30 bits per heavy atom. The van der Waals surface area contributed by atoms with E-state index in [4.69, 9.17) is 0 Å². The second-order valence-corrected chi connectivity index (χ2v) is 5.32. The average Bonchev–Trinajstić information content (AvgIpc) is 3.02. The van der Waals surface area contributed by atoms with E-state index in [1.54, 1.807) is 0 Å². The molecule has 0 radical (unpaired) electrons. The molecule has 0 aromatic heterocycles. The summed E-state index contributed by atoms with van der Waals surface area (Å²) in [4.78, 5) is 14.3. The van der Waals surface area contributed by atoms with E-state index < -0.39 is 0 Å². The first-order chi connectivity index (χ1) is 9.84. The van der Waals surface area contributed by atoms with Crippen molar-refractivity contribution in [3.8, 4) is 0 Å². The van der Waals surface area contributed by atoms with Gasteiger partial charge in [0, 0.05) is 31.9 Å². The lowest BCUT2D eigenvalue weighted by atomic mass is 10.0. The normalized spacial score (nSPS) is 20.8. The van der Waals surface area contributed by atoms with Gasteiger partial charge in [-0.1, -0.05) is 30.4 Å². The molecule has 2 N–H and O–H groups in total. The first-order valence-electron chi connectivity index (χ1n) is 7.35. The molecule has 0 saturated heterocycles. The summed E-state index contributed by atoms with van der Waals surface area (Å²) >= 11 is 0. The molecule has 106 valence electrons. The van der Waals surface area contributed by atoms with Crippen LogP contribution in [0.15, 0.2) is 36.4 Å². The third-order valence-electron chi connectivity index (χ3n) is 3.95. The van der Waals surface area contributed by atoms with Gasteiger partial charge in [-0.2, -0.15) is 0 Å². The van der Waals surface area contributed by atoms with Crippen molar-refractivity contribution in [3.05, 3.63) is 42.0 Å². The third kappa shape index (κ3) is 2.85. The Kier molecular flexibility index (Phi) is 4.02. The van der Waals surface area contributed by atoms with Crippen molar-refractivity contribution in [3.63, 3.8) is 0 Å². The second-order valence-electron chi connectivity index (χ2n) is 5.32. The Hall–Kier alpha value is -1.81. The highest BCUT2D eigenvalue weighted by Gasteiger charge is 2.18. The largest absolute Gasteiger partial charge is 0.370 e. The number of aryl methyl sites for hydroxylation is 1. The van der Waals surface area contributed by atoms with Gasteiger partial charge in [0.05, 0.1) is 0 Å². The number of carbonyl (C=O) groups is 1. The smallest absolute Gasteiger partial charge is 0.241 e. The summed E-state index contributed by atoms with van der Waals surface area (Å²) in [6.45, 7) is 3.43. The van der Waals surface area contributed by atoms with E-state index in [9.17, 15) is 4.79 Å². The average molecular weight is 271 g/mol. The summed E-state index contributed by atoms with van der Waals surface area (Å²) in [6.07, 6.45) is 6.27. The fraction of sp³-hybridized carbons (Fsp3) is 0.438. The van der Waals surface area contributed by atoms with Crippen molar-refractivity contribution < 1.29 is 4.79 Å². The SMILES string of the molecule is O=C(NCCN1CCCc2ccccc21)[C@@H]1C=CCN1. The number of carbonyl (C=O) groups excluding carboxylic acids is 1. The van der Waals surface area contributed by atoms with E-state index in [1.807, 2.05) is 12.2 Å². The minimum absolute atomic E-state index is 0.0732. The van der Waals surface area contributed by atoms with Gasteiger partial charge in [0.25, 0.3) is 0 Å². The molecule has 3 rings (SSSR count). The van der Waals surface area contributed by atoms with Crippen molar-refractivity contribution in [2.75, 3.05) is 31.1 Å². The molecule has 1 amide bonds. The lowest BCUT2D eigenvalue weighted by Crippen LogP contribution is -2.44. The standard InChI is InChI=1S/C16H21N3O/c20-16(14-7-3-9-17-14)18-10-12-19-11-4-6-13-5-1-2-8-15(13)19/h1-3,5,7-8,14,17H,4,6,9-12H2,(H,18,20)/t14-/m0/s1. The molecule has 2 aliphatic heterocycles. The predicted octanol–water partition coefficient (Wildman–Crippen LogP) is 1.08. The monoisotopic (exact) mass is 271 g/mol. The zero-order valence-corrected chi connectivity index (χ0v) is 11.6. The first-order valence-corrected chi connectivity index (χ1v) is 7.35. The summed E-state index contributed by atoms with van der Waals surface area (Å²) in [5.41, 5.74) is 2.75. The molecule has 4 heteroatoms. The fourth-order valence-corrected chi connectivity index (χ4v) is 2.92. The number of benzene rings is 1. The van der Waals surface area contributed by atoms with Crippen molar-refractivity contribution in [1.29, 1.82) is 0 Å². The lowest BCUT2D eigenvalue weighted by molar-refractivity contribution is -0.121. The molecule has 1 atom stereocenters. The van der Waals surface area contributed by atoms with Crippen LogP contribution in [0.25, 0.3) is 0 Å². The zero-order chi connectivity index (χ0) is 13.8. The molecule has 0 aliphatic carbocycles. The zero-order valence-electron chi connectivity index (χ0n) is 11.6. The fourth-order valence-electron chi connectivity index (χ4n) is 2.92. The van der Waals surface area contributed by atoms with Gasteiger partial charge in [0.1, 0.15) is 6.04 Å². The quantitative estimate of drug-likeness (QED) is 0.806. The maximum Gasteiger partial charge on any atom is 0.241 e. The van der Waals surface area contributed by atoms with Gasteiger partial charge < -0.3 is 10.2 Å². The molecule has 0 saturated carbocycles. The molecule has 2 heterocycles. The minimum Gasteiger partial charge on any atom is -0.370 e. The summed E-state index contributed by atoms with van der Waals surface area (Å²) in [5.74, 6) is 0.0732. The number of rotatable bonds is 4. The predicted molar refractivity (Wildman–Crippen MR) is 80.9 cm³/mol. The number of fused-ring (bicyclic) bond motifs is 1. The van der Waals surface area contributed by atoms with Crippen LogP contribution in [-0.4, -0.2) is 38.1 Å². The van der Waals surface area contributed by atoms with Crippen molar-refractivity contribution in [1.82, 2.24) is 10.6 Å². The highest BCUT2D eigenvalue weighted by molar-refractivity contribution is 5.84. The maximum atomic E-state index is 11.9. The van der Waals surface area contributed by atoms with Gasteiger partial charge in [-0.15, -0.1) is 0 Å². The lowest BCUT2D eigenvalue weighted by Gasteiger charge is -2.31. The van der Waals surface area contributed by atoms with Crippen molar-refractivity contribution in [2.24, 2.45) is 0 Å². The maximum absolute atomic E-state index is 11.9. The van der Waals surface area contributed by atoms with Crippen LogP contribution in [0.2, 0.25) is 0 Å². The Balaban J connectivity index is 1.52. The van der Waals surface area contributed by atoms with Crippen LogP contribution in [0.1, 0.15) is 12.0 Å². The topological polar surface area (TPSA) is 44.4 Å². The van der Waals surface area contributed by atoms with Crippen molar-refractivity contribution in [2.45, 2.75) is 18.9 Å². The van der Waals surface area contributed by atoms with Gasteiger partial charge in [0.15, 0.2) is 0 Å². The van der Waals surface area contributed by atoms with Gasteiger partial charge >= 0.3 is 0 Å². The van der Waals surface area contributed by atoms with Crippen LogP contribution in [0.4, 0.5) is 5.69 Å². The molecule has 2 aliphatic rings. The molecule has 1 aromatic rings. The van der Waals surface area contributed by atoms with E-state index in [0.717, 1.165) is 26.1 Å². The number of hydrogen-bond acceptors (Lipinski definition) is 3. The molecule has 0 unspecified atom stereocenters. The minimum atomic E-state index is -0.149. The van der Waals surface area contributed by atoms with Crippen LogP contribution < -0.4 is 15.5 Å². The third-order valence-corrected chi connectivity index (χ3v) is 3.95. The molecule has 20 heavy (non-hydrogen) atoms. The number of nitrogens with zero attached hydrogens (tertiary/aromatic N) is 1. The Bertz CT molecular complexity index is 512. The van der Waals surface area contributed by atoms with Crippen LogP contribution in [0, 0.1) is 0 Å². The number of para-hydroxylation sites is 1. The Morgan fingerprint density at radius 3 is 3.15 bits per heavy atom. The van der Waals surface area contributed by atoms with Crippen LogP contribution in [0.5, 0.6) is 0 Å². The van der Waals surface area contributed by atoms with E-state index in [1.165, 1.54) is 17.7 Å². The van der Waals surface area contributed by atoms with E-state index in [2.05, 4.69) is 39.8 Å². The molecular weight excluding hydrogens is 250 g/mol. The van der Waals surface area contributed by atoms with Crippen LogP contribution >= 0.6 is 0 Å². The van der Waals surface area contributed by atoms with E-state index >= 15 is 0 Å². The molecule has 4 nitrogen and oxygen atoms in total. The van der Waals surface area contributed by atoms with E-state index in [0.29, 0.717) is 6.54 Å². The summed E-state index contributed by atoms with van der Waals surface area (Å²) < 4.78 is 0.